The Labute approximate surface area is 105 Å². The second kappa shape index (κ2) is 5.27. The quantitative estimate of drug-likeness (QED) is 0.758. The molecule has 1 amide bonds. The number of fused-ring (bicyclic) bond motifs is 1. The Bertz CT molecular complexity index is 499. The largest absolute Gasteiger partial charge is 0.463 e. The number of H-pyrrole nitrogens is 1. The zero-order valence-corrected chi connectivity index (χ0v) is 10.6. The first kappa shape index (κ1) is 12.7. The standard InChI is InChI=1S/C13H18N2O3/c1-8(2)9(3-5-16)15-13(17)11-7-12-10(14-11)4-6-18-12/h4,6-9,14,16H,3,5H2,1-2H3,(H,15,17). The average molecular weight is 250 g/mol. The minimum absolute atomic E-state index is 0.0305. The van der Waals surface area contributed by atoms with E-state index >= 15 is 0 Å². The third-order valence-corrected chi connectivity index (χ3v) is 3.05. The van der Waals surface area contributed by atoms with Crippen LogP contribution in [-0.4, -0.2) is 28.6 Å². The van der Waals surface area contributed by atoms with E-state index in [1.807, 2.05) is 13.8 Å². The highest BCUT2D eigenvalue weighted by atomic mass is 16.3. The maximum absolute atomic E-state index is 12.0. The lowest BCUT2D eigenvalue weighted by atomic mass is 10.0. The van der Waals surface area contributed by atoms with Gasteiger partial charge in [-0.15, -0.1) is 0 Å². The SMILES string of the molecule is CC(C)C(CCO)NC(=O)c1cc2occc2[nH]1. The van der Waals surface area contributed by atoms with Gasteiger partial charge in [0.15, 0.2) is 5.58 Å². The number of furan rings is 1. The van der Waals surface area contributed by atoms with Crippen LogP contribution in [0.5, 0.6) is 0 Å². The number of nitrogens with one attached hydrogen (secondary N) is 2. The highest BCUT2D eigenvalue weighted by molar-refractivity contribution is 5.96. The molecule has 98 valence electrons. The Morgan fingerprint density at radius 3 is 2.94 bits per heavy atom. The smallest absolute Gasteiger partial charge is 0.268 e. The first-order chi connectivity index (χ1) is 8.61. The summed E-state index contributed by atoms with van der Waals surface area (Å²) in [6.45, 7) is 4.10. The number of rotatable bonds is 5. The second-order valence-electron chi connectivity index (χ2n) is 4.72. The van der Waals surface area contributed by atoms with E-state index in [9.17, 15) is 4.79 Å². The van der Waals surface area contributed by atoms with Crippen molar-refractivity contribution in [2.24, 2.45) is 5.92 Å². The monoisotopic (exact) mass is 250 g/mol. The summed E-state index contributed by atoms with van der Waals surface area (Å²) < 4.78 is 5.20. The van der Waals surface area contributed by atoms with Crippen LogP contribution in [-0.2, 0) is 0 Å². The van der Waals surface area contributed by atoms with Crippen LogP contribution in [0.4, 0.5) is 0 Å². The van der Waals surface area contributed by atoms with Crippen molar-refractivity contribution in [2.45, 2.75) is 26.3 Å². The molecule has 2 aromatic heterocycles. The molecule has 0 saturated heterocycles. The van der Waals surface area contributed by atoms with Crippen LogP contribution in [0, 0.1) is 5.92 Å². The second-order valence-corrected chi connectivity index (χ2v) is 4.72. The van der Waals surface area contributed by atoms with Crippen molar-refractivity contribution in [3.63, 3.8) is 0 Å². The number of aliphatic hydroxyl groups is 1. The maximum atomic E-state index is 12.0. The predicted molar refractivity (Wildman–Crippen MR) is 68.4 cm³/mol. The van der Waals surface area contributed by atoms with Crippen molar-refractivity contribution in [3.8, 4) is 0 Å². The molecule has 2 rings (SSSR count). The molecule has 0 saturated carbocycles. The molecule has 1 atom stereocenters. The molecule has 0 bridgehead atoms. The van der Waals surface area contributed by atoms with Crippen LogP contribution >= 0.6 is 0 Å². The van der Waals surface area contributed by atoms with Gasteiger partial charge in [-0.05, 0) is 12.3 Å². The topological polar surface area (TPSA) is 78.3 Å². The van der Waals surface area contributed by atoms with E-state index < -0.39 is 0 Å². The normalized spacial score (nSPS) is 13.1. The van der Waals surface area contributed by atoms with Crippen molar-refractivity contribution in [3.05, 3.63) is 24.1 Å². The molecule has 0 spiro atoms. The highest BCUT2D eigenvalue weighted by Crippen LogP contribution is 2.16. The number of aromatic nitrogens is 1. The summed E-state index contributed by atoms with van der Waals surface area (Å²) in [7, 11) is 0. The summed E-state index contributed by atoms with van der Waals surface area (Å²) in [6, 6.07) is 3.43. The lowest BCUT2D eigenvalue weighted by Gasteiger charge is -2.21. The van der Waals surface area contributed by atoms with Crippen LogP contribution < -0.4 is 5.32 Å². The number of aliphatic hydroxyl groups excluding tert-OH is 1. The summed E-state index contributed by atoms with van der Waals surface area (Å²) in [6.07, 6.45) is 2.13. The van der Waals surface area contributed by atoms with Gasteiger partial charge in [0.1, 0.15) is 5.69 Å². The third-order valence-electron chi connectivity index (χ3n) is 3.05. The molecule has 0 radical (unpaired) electrons. The van der Waals surface area contributed by atoms with Crippen LogP contribution in [0.1, 0.15) is 30.8 Å². The fourth-order valence-electron chi connectivity index (χ4n) is 1.93. The zero-order chi connectivity index (χ0) is 13.1. The van der Waals surface area contributed by atoms with Gasteiger partial charge >= 0.3 is 0 Å². The van der Waals surface area contributed by atoms with E-state index in [0.29, 0.717) is 17.7 Å². The van der Waals surface area contributed by atoms with Gasteiger partial charge in [-0.2, -0.15) is 0 Å². The van der Waals surface area contributed by atoms with Gasteiger partial charge in [-0.3, -0.25) is 4.79 Å². The van der Waals surface area contributed by atoms with Crippen LogP contribution in [0.15, 0.2) is 22.8 Å². The van der Waals surface area contributed by atoms with Gasteiger partial charge in [-0.25, -0.2) is 0 Å². The number of carbonyl (C=O) groups is 1. The van der Waals surface area contributed by atoms with Gasteiger partial charge in [0.05, 0.1) is 11.8 Å². The van der Waals surface area contributed by atoms with Gasteiger partial charge in [0, 0.05) is 24.8 Å². The van der Waals surface area contributed by atoms with Gasteiger partial charge in [0.25, 0.3) is 5.91 Å². The van der Waals surface area contributed by atoms with E-state index in [2.05, 4.69) is 10.3 Å². The fourth-order valence-corrected chi connectivity index (χ4v) is 1.93. The minimum Gasteiger partial charge on any atom is -0.463 e. The maximum Gasteiger partial charge on any atom is 0.268 e. The Morgan fingerprint density at radius 1 is 1.56 bits per heavy atom. The van der Waals surface area contributed by atoms with Crippen LogP contribution in [0.3, 0.4) is 0 Å². The Balaban J connectivity index is 2.08. The first-order valence-corrected chi connectivity index (χ1v) is 6.09. The molecule has 5 nitrogen and oxygen atoms in total. The third kappa shape index (κ3) is 2.56. The zero-order valence-electron chi connectivity index (χ0n) is 10.6. The lowest BCUT2D eigenvalue weighted by molar-refractivity contribution is 0.0912. The first-order valence-electron chi connectivity index (χ1n) is 6.09. The van der Waals surface area contributed by atoms with E-state index in [1.54, 1.807) is 18.4 Å². The average Bonchev–Trinajstić information content (AvgIpc) is 2.87. The summed E-state index contributed by atoms with van der Waals surface area (Å²) in [5, 5.41) is 11.9. The van der Waals surface area contributed by atoms with Crippen molar-refractivity contribution < 1.29 is 14.3 Å². The molecule has 0 aliphatic carbocycles. The molecule has 0 aliphatic rings. The number of aromatic amines is 1. The molecule has 0 fully saturated rings. The molecular weight excluding hydrogens is 232 g/mol. The fraction of sp³-hybridized carbons (Fsp3) is 0.462. The summed E-state index contributed by atoms with van der Waals surface area (Å²) in [5.74, 6) is 0.104. The van der Waals surface area contributed by atoms with Gasteiger partial charge in [0.2, 0.25) is 0 Å². The molecule has 3 N–H and O–H groups in total. The van der Waals surface area contributed by atoms with Crippen molar-refractivity contribution in [2.75, 3.05) is 6.61 Å². The molecule has 2 aromatic rings. The van der Waals surface area contributed by atoms with Crippen molar-refractivity contribution in [1.29, 1.82) is 0 Å². The Kier molecular flexibility index (Phi) is 3.72. The predicted octanol–water partition coefficient (Wildman–Crippen LogP) is 1.90. The Hall–Kier alpha value is -1.75. The van der Waals surface area contributed by atoms with E-state index in [0.717, 1.165) is 5.52 Å². The number of hydrogen-bond donors (Lipinski definition) is 3. The molecular formula is C13H18N2O3. The minimum atomic E-state index is -0.173. The Morgan fingerprint density at radius 2 is 2.33 bits per heavy atom. The van der Waals surface area contributed by atoms with Gasteiger partial charge in [-0.1, -0.05) is 13.8 Å². The summed E-state index contributed by atoms with van der Waals surface area (Å²) in [5.41, 5.74) is 1.96. The molecule has 18 heavy (non-hydrogen) atoms. The van der Waals surface area contributed by atoms with Crippen molar-refractivity contribution in [1.82, 2.24) is 10.3 Å². The van der Waals surface area contributed by atoms with E-state index in [4.69, 9.17) is 9.52 Å². The molecule has 0 aliphatic heterocycles. The molecule has 1 unspecified atom stereocenters. The van der Waals surface area contributed by atoms with E-state index in [1.165, 1.54) is 0 Å². The van der Waals surface area contributed by atoms with Gasteiger partial charge < -0.3 is 19.8 Å². The van der Waals surface area contributed by atoms with E-state index in [-0.39, 0.29) is 24.5 Å². The molecule has 0 aromatic carbocycles. The lowest BCUT2D eigenvalue weighted by Crippen LogP contribution is -2.39. The molecule has 2 heterocycles. The number of carbonyl (C=O) groups excluding carboxylic acids is 1. The summed E-state index contributed by atoms with van der Waals surface area (Å²) >= 11 is 0. The summed E-state index contributed by atoms with van der Waals surface area (Å²) in [4.78, 5) is 15.0. The molecule has 5 heteroatoms. The van der Waals surface area contributed by atoms with Crippen molar-refractivity contribution >= 4 is 17.0 Å². The number of amides is 1. The van der Waals surface area contributed by atoms with Crippen LogP contribution in [0.2, 0.25) is 0 Å². The number of hydrogen-bond acceptors (Lipinski definition) is 3. The highest BCUT2D eigenvalue weighted by Gasteiger charge is 2.18. The van der Waals surface area contributed by atoms with Crippen LogP contribution in [0.25, 0.3) is 11.1 Å².